The highest BCUT2D eigenvalue weighted by Gasteiger charge is 2.21. The number of hydrogen-bond donors (Lipinski definition) is 0. The van der Waals surface area contributed by atoms with Crippen molar-refractivity contribution in [2.45, 2.75) is 12.8 Å². The Morgan fingerprint density at radius 3 is 2.76 bits per heavy atom. The summed E-state index contributed by atoms with van der Waals surface area (Å²) >= 11 is 1.49. The van der Waals surface area contributed by atoms with Gasteiger partial charge in [0, 0.05) is 19.6 Å². The smallest absolute Gasteiger partial charge is 0.185 e. The van der Waals surface area contributed by atoms with E-state index in [1.807, 2.05) is 0 Å². The lowest BCUT2D eigenvalue weighted by Gasteiger charge is -2.32. The van der Waals surface area contributed by atoms with E-state index in [1.54, 1.807) is 6.20 Å². The highest BCUT2D eigenvalue weighted by Crippen LogP contribution is 2.26. The monoisotopic (exact) mass is 253 g/mol. The second-order valence-corrected chi connectivity index (χ2v) is 5.90. The predicted octanol–water partition coefficient (Wildman–Crippen LogP) is 1.73. The Hall–Kier alpha value is -0.940. The van der Waals surface area contributed by atoms with Crippen LogP contribution in [0.2, 0.25) is 0 Å². The largest absolute Gasteiger partial charge is 0.348 e. The van der Waals surface area contributed by atoms with Crippen molar-refractivity contribution in [3.8, 4) is 0 Å². The number of hydrogen-bond acceptors (Lipinski definition) is 5. The van der Waals surface area contributed by atoms with Gasteiger partial charge in [0.1, 0.15) is 0 Å². The van der Waals surface area contributed by atoms with Crippen LogP contribution in [0.25, 0.3) is 0 Å². The van der Waals surface area contributed by atoms with E-state index in [0.29, 0.717) is 0 Å². The van der Waals surface area contributed by atoms with Crippen molar-refractivity contribution >= 4 is 22.8 Å². The van der Waals surface area contributed by atoms with Crippen LogP contribution in [-0.4, -0.2) is 49.9 Å². The molecule has 0 aromatic carbocycles. The van der Waals surface area contributed by atoms with E-state index in [4.69, 9.17) is 0 Å². The minimum Gasteiger partial charge on any atom is -0.348 e. The number of rotatable bonds is 4. The first kappa shape index (κ1) is 12.5. The molecular weight excluding hydrogens is 234 g/mol. The van der Waals surface area contributed by atoms with Crippen LogP contribution in [0.3, 0.4) is 0 Å². The molecule has 5 heteroatoms. The summed E-state index contributed by atoms with van der Waals surface area (Å²) in [4.78, 5) is 20.2. The van der Waals surface area contributed by atoms with Gasteiger partial charge in [0.15, 0.2) is 11.4 Å². The molecule has 1 aromatic rings. The van der Waals surface area contributed by atoms with Gasteiger partial charge in [-0.3, -0.25) is 4.79 Å². The maximum atomic E-state index is 10.6. The average molecular weight is 253 g/mol. The van der Waals surface area contributed by atoms with Gasteiger partial charge in [0.25, 0.3) is 0 Å². The molecule has 1 aromatic heterocycles. The van der Waals surface area contributed by atoms with Crippen molar-refractivity contribution in [3.63, 3.8) is 0 Å². The van der Waals surface area contributed by atoms with Crippen molar-refractivity contribution in [1.82, 2.24) is 9.88 Å². The molecule has 1 aliphatic heterocycles. The molecule has 0 aliphatic carbocycles. The first-order chi connectivity index (χ1) is 8.19. The lowest BCUT2D eigenvalue weighted by atomic mass is 9.97. The first-order valence-electron chi connectivity index (χ1n) is 5.99. The van der Waals surface area contributed by atoms with Crippen LogP contribution in [-0.2, 0) is 0 Å². The maximum absolute atomic E-state index is 10.6. The molecule has 2 rings (SSSR count). The van der Waals surface area contributed by atoms with Crippen LogP contribution in [0.4, 0.5) is 5.13 Å². The summed E-state index contributed by atoms with van der Waals surface area (Å²) in [6.07, 6.45) is 4.97. The number of nitrogens with zero attached hydrogens (tertiary/aromatic N) is 3. The summed E-state index contributed by atoms with van der Waals surface area (Å²) in [7, 11) is 4.26. The Bertz CT molecular complexity index is 370. The lowest BCUT2D eigenvalue weighted by molar-refractivity contribution is 0.112. The zero-order valence-electron chi connectivity index (χ0n) is 10.4. The normalized spacial score (nSPS) is 17.7. The second-order valence-electron chi connectivity index (χ2n) is 4.86. The van der Waals surface area contributed by atoms with E-state index in [0.717, 1.165) is 35.3 Å². The van der Waals surface area contributed by atoms with E-state index in [9.17, 15) is 4.79 Å². The molecular formula is C12H19N3OS. The summed E-state index contributed by atoms with van der Waals surface area (Å²) in [6, 6.07) is 0. The molecule has 17 heavy (non-hydrogen) atoms. The molecule has 0 amide bonds. The third-order valence-electron chi connectivity index (χ3n) is 3.14. The molecule has 4 nitrogen and oxygen atoms in total. The topological polar surface area (TPSA) is 36.4 Å². The number of anilines is 1. The molecule has 1 fully saturated rings. The summed E-state index contributed by atoms with van der Waals surface area (Å²) in [5, 5.41) is 0.996. The number of carbonyl (C=O) groups excluding carboxylic acids is 1. The molecule has 0 spiro atoms. The number of aromatic nitrogens is 1. The van der Waals surface area contributed by atoms with Crippen molar-refractivity contribution < 1.29 is 4.79 Å². The third kappa shape index (κ3) is 3.26. The van der Waals surface area contributed by atoms with Crippen LogP contribution in [0.5, 0.6) is 0 Å². The van der Waals surface area contributed by atoms with E-state index < -0.39 is 0 Å². The molecule has 1 aliphatic rings. The molecule has 0 unspecified atom stereocenters. The summed E-state index contributed by atoms with van der Waals surface area (Å²) < 4.78 is 0. The van der Waals surface area contributed by atoms with Crippen molar-refractivity contribution in [2.75, 3.05) is 38.6 Å². The first-order valence-corrected chi connectivity index (χ1v) is 6.81. The van der Waals surface area contributed by atoms with Gasteiger partial charge in [-0.05, 0) is 32.9 Å². The van der Waals surface area contributed by atoms with Crippen LogP contribution in [0, 0.1) is 5.92 Å². The molecule has 0 bridgehead atoms. The van der Waals surface area contributed by atoms with Gasteiger partial charge in [0.2, 0.25) is 0 Å². The van der Waals surface area contributed by atoms with Gasteiger partial charge in [-0.1, -0.05) is 11.3 Å². The maximum Gasteiger partial charge on any atom is 0.185 e. The minimum absolute atomic E-state index is 0.718. The standard InChI is InChI=1S/C12H19N3OS/c1-14(2)8-10-3-5-15(6-4-10)12-13-7-11(9-16)17-12/h7,9-10H,3-6,8H2,1-2H3. The number of thiazole rings is 1. The molecule has 2 heterocycles. The van der Waals surface area contributed by atoms with E-state index in [1.165, 1.54) is 30.7 Å². The average Bonchev–Trinajstić information content (AvgIpc) is 2.78. The van der Waals surface area contributed by atoms with Gasteiger partial charge in [-0.15, -0.1) is 0 Å². The minimum atomic E-state index is 0.718. The Morgan fingerprint density at radius 1 is 1.53 bits per heavy atom. The highest BCUT2D eigenvalue weighted by molar-refractivity contribution is 7.17. The van der Waals surface area contributed by atoms with Crippen molar-refractivity contribution in [2.24, 2.45) is 5.92 Å². The van der Waals surface area contributed by atoms with Crippen LogP contribution in [0.15, 0.2) is 6.20 Å². The van der Waals surface area contributed by atoms with E-state index in [-0.39, 0.29) is 0 Å². The lowest BCUT2D eigenvalue weighted by Crippen LogP contribution is -2.37. The Labute approximate surface area is 106 Å². The fourth-order valence-corrected chi connectivity index (χ4v) is 3.08. The number of aldehydes is 1. The summed E-state index contributed by atoms with van der Waals surface area (Å²) in [5.41, 5.74) is 0. The van der Waals surface area contributed by atoms with E-state index >= 15 is 0 Å². The zero-order valence-corrected chi connectivity index (χ0v) is 11.2. The SMILES string of the molecule is CN(C)CC1CCN(c2ncc(C=O)s2)CC1. The Morgan fingerprint density at radius 2 is 2.24 bits per heavy atom. The fourth-order valence-electron chi connectivity index (χ4n) is 2.30. The highest BCUT2D eigenvalue weighted by atomic mass is 32.1. The number of carbonyl (C=O) groups is 1. The van der Waals surface area contributed by atoms with Gasteiger partial charge < -0.3 is 9.80 Å². The van der Waals surface area contributed by atoms with Crippen molar-refractivity contribution in [3.05, 3.63) is 11.1 Å². The molecule has 0 N–H and O–H groups in total. The Balaban J connectivity index is 1.88. The molecule has 1 saturated heterocycles. The van der Waals surface area contributed by atoms with Crippen LogP contribution >= 0.6 is 11.3 Å². The van der Waals surface area contributed by atoms with Crippen LogP contribution < -0.4 is 4.90 Å². The Kier molecular flexibility index (Phi) is 4.12. The van der Waals surface area contributed by atoms with Crippen molar-refractivity contribution in [1.29, 1.82) is 0 Å². The van der Waals surface area contributed by atoms with Gasteiger partial charge in [-0.2, -0.15) is 0 Å². The van der Waals surface area contributed by atoms with E-state index in [2.05, 4.69) is 28.9 Å². The van der Waals surface area contributed by atoms with Gasteiger partial charge >= 0.3 is 0 Å². The summed E-state index contributed by atoms with van der Waals surface area (Å²) in [6.45, 7) is 3.29. The van der Waals surface area contributed by atoms with Gasteiger partial charge in [-0.25, -0.2) is 4.98 Å². The molecule has 0 atom stereocenters. The van der Waals surface area contributed by atoms with Gasteiger partial charge in [0.05, 0.1) is 11.1 Å². The number of piperidine rings is 1. The fraction of sp³-hybridized carbons (Fsp3) is 0.667. The predicted molar refractivity (Wildman–Crippen MR) is 71.0 cm³/mol. The molecule has 94 valence electrons. The third-order valence-corrected chi connectivity index (χ3v) is 4.12. The molecule has 0 radical (unpaired) electrons. The summed E-state index contributed by atoms with van der Waals surface area (Å²) in [5.74, 6) is 0.798. The quantitative estimate of drug-likeness (QED) is 0.766. The van der Waals surface area contributed by atoms with Crippen LogP contribution in [0.1, 0.15) is 22.5 Å². The second kappa shape index (κ2) is 5.60. The molecule has 0 saturated carbocycles. The zero-order chi connectivity index (χ0) is 12.3.